The van der Waals surface area contributed by atoms with Gasteiger partial charge in [0.05, 0.1) is 12.8 Å². The van der Waals surface area contributed by atoms with Gasteiger partial charge >= 0.3 is 0 Å². The summed E-state index contributed by atoms with van der Waals surface area (Å²) in [6.07, 6.45) is 0. The van der Waals surface area contributed by atoms with Gasteiger partial charge in [0.1, 0.15) is 5.75 Å². The van der Waals surface area contributed by atoms with Crippen molar-refractivity contribution in [3.63, 3.8) is 0 Å². The van der Waals surface area contributed by atoms with Gasteiger partial charge in [-0.05, 0) is 20.0 Å². The molecular formula is C14H25N3O. The van der Waals surface area contributed by atoms with E-state index in [1.165, 1.54) is 0 Å². The van der Waals surface area contributed by atoms with Gasteiger partial charge in [-0.3, -0.25) is 9.88 Å². The Morgan fingerprint density at radius 3 is 2.72 bits per heavy atom. The first-order valence-corrected chi connectivity index (χ1v) is 6.64. The normalized spacial score (nSPS) is 10.9. The number of pyridine rings is 1. The van der Waals surface area contributed by atoms with E-state index in [1.807, 2.05) is 19.1 Å². The molecule has 18 heavy (non-hydrogen) atoms. The third kappa shape index (κ3) is 5.02. The fraction of sp³-hybridized carbons (Fsp3) is 0.643. The van der Waals surface area contributed by atoms with E-state index in [9.17, 15) is 0 Å². The fourth-order valence-corrected chi connectivity index (χ4v) is 1.89. The maximum Gasteiger partial charge on any atom is 0.122 e. The molecule has 0 radical (unpaired) electrons. The molecule has 1 rings (SSSR count). The molecule has 1 aromatic heterocycles. The number of aromatic nitrogens is 1. The molecule has 1 heterocycles. The van der Waals surface area contributed by atoms with Gasteiger partial charge < -0.3 is 10.1 Å². The molecule has 1 aromatic rings. The Balaban J connectivity index is 2.60. The Morgan fingerprint density at radius 2 is 2.11 bits per heavy atom. The summed E-state index contributed by atoms with van der Waals surface area (Å²) in [4.78, 5) is 6.93. The van der Waals surface area contributed by atoms with E-state index in [2.05, 4.69) is 29.0 Å². The zero-order chi connectivity index (χ0) is 13.4. The predicted octanol–water partition coefficient (Wildman–Crippen LogP) is 1.83. The summed E-state index contributed by atoms with van der Waals surface area (Å²) in [5.74, 6) is 0.889. The standard InChI is InChI=1S/C14H25N3O/c1-5-15-7-8-17(6-2)11-13-10-14(18-4)9-12(3)16-13/h9-10,15H,5-8,11H2,1-4H3. The molecule has 4 nitrogen and oxygen atoms in total. The van der Waals surface area contributed by atoms with Crippen LogP contribution in [0, 0.1) is 6.92 Å². The Hall–Kier alpha value is -1.13. The number of aryl methyl sites for hydroxylation is 1. The Kier molecular flexibility index (Phi) is 6.68. The molecule has 0 aliphatic heterocycles. The maximum atomic E-state index is 5.28. The summed E-state index contributed by atoms with van der Waals surface area (Å²) < 4.78 is 5.28. The van der Waals surface area contributed by atoms with E-state index in [0.29, 0.717) is 0 Å². The van der Waals surface area contributed by atoms with Crippen molar-refractivity contribution in [3.8, 4) is 5.75 Å². The third-order valence-corrected chi connectivity index (χ3v) is 2.90. The van der Waals surface area contributed by atoms with Crippen LogP contribution in [0.25, 0.3) is 0 Å². The number of rotatable bonds is 8. The van der Waals surface area contributed by atoms with Gasteiger partial charge in [-0.2, -0.15) is 0 Å². The molecule has 0 atom stereocenters. The SMILES string of the molecule is CCNCCN(CC)Cc1cc(OC)cc(C)n1. The first kappa shape index (κ1) is 14.9. The summed E-state index contributed by atoms with van der Waals surface area (Å²) in [5.41, 5.74) is 2.08. The average molecular weight is 251 g/mol. The van der Waals surface area contributed by atoms with Crippen LogP contribution in [-0.4, -0.2) is 43.2 Å². The predicted molar refractivity (Wildman–Crippen MR) is 75.0 cm³/mol. The lowest BCUT2D eigenvalue weighted by molar-refractivity contribution is 0.276. The molecule has 0 unspecified atom stereocenters. The third-order valence-electron chi connectivity index (χ3n) is 2.90. The van der Waals surface area contributed by atoms with Gasteiger partial charge in [0.2, 0.25) is 0 Å². The molecule has 0 aliphatic carbocycles. The van der Waals surface area contributed by atoms with Gasteiger partial charge in [0.25, 0.3) is 0 Å². The molecule has 0 aromatic carbocycles. The van der Waals surface area contributed by atoms with Crippen molar-refractivity contribution in [2.45, 2.75) is 27.3 Å². The summed E-state index contributed by atoms with van der Waals surface area (Å²) in [7, 11) is 1.70. The molecule has 0 saturated heterocycles. The first-order chi connectivity index (χ1) is 8.69. The second-order valence-electron chi connectivity index (χ2n) is 4.36. The lowest BCUT2D eigenvalue weighted by atomic mass is 10.2. The van der Waals surface area contributed by atoms with Crippen molar-refractivity contribution < 1.29 is 4.74 Å². The molecule has 0 fully saturated rings. The highest BCUT2D eigenvalue weighted by Crippen LogP contribution is 2.14. The second kappa shape index (κ2) is 8.06. The van der Waals surface area contributed by atoms with Crippen molar-refractivity contribution >= 4 is 0 Å². The zero-order valence-corrected chi connectivity index (χ0v) is 12.0. The summed E-state index contributed by atoms with van der Waals surface area (Å²) in [5, 5.41) is 3.35. The van der Waals surface area contributed by atoms with E-state index in [-0.39, 0.29) is 0 Å². The molecular weight excluding hydrogens is 226 g/mol. The van der Waals surface area contributed by atoms with Crippen molar-refractivity contribution in [2.24, 2.45) is 0 Å². The quantitative estimate of drug-likeness (QED) is 0.715. The summed E-state index contributed by atoms with van der Waals surface area (Å²) >= 11 is 0. The first-order valence-electron chi connectivity index (χ1n) is 6.64. The smallest absolute Gasteiger partial charge is 0.122 e. The minimum atomic E-state index is 0.875. The highest BCUT2D eigenvalue weighted by atomic mass is 16.5. The molecule has 1 N–H and O–H groups in total. The van der Waals surface area contributed by atoms with Crippen LogP contribution in [0.3, 0.4) is 0 Å². The number of hydrogen-bond acceptors (Lipinski definition) is 4. The van der Waals surface area contributed by atoms with E-state index in [0.717, 1.165) is 49.9 Å². The molecule has 0 amide bonds. The molecule has 0 saturated carbocycles. The zero-order valence-electron chi connectivity index (χ0n) is 12.0. The van der Waals surface area contributed by atoms with Crippen LogP contribution in [0.2, 0.25) is 0 Å². The van der Waals surface area contributed by atoms with E-state index in [4.69, 9.17) is 4.74 Å². The Labute approximate surface area is 110 Å². The molecule has 102 valence electrons. The van der Waals surface area contributed by atoms with Crippen molar-refractivity contribution in [1.82, 2.24) is 15.2 Å². The number of nitrogens with zero attached hydrogens (tertiary/aromatic N) is 2. The number of methoxy groups -OCH3 is 1. The van der Waals surface area contributed by atoms with Gasteiger partial charge in [-0.15, -0.1) is 0 Å². The van der Waals surface area contributed by atoms with Gasteiger partial charge in [0.15, 0.2) is 0 Å². The number of ether oxygens (including phenoxy) is 1. The number of likely N-dealkylation sites (N-methyl/N-ethyl adjacent to an activating group) is 2. The van der Waals surface area contributed by atoms with E-state index < -0.39 is 0 Å². The van der Waals surface area contributed by atoms with Gasteiger partial charge in [-0.25, -0.2) is 0 Å². The topological polar surface area (TPSA) is 37.4 Å². The highest BCUT2D eigenvalue weighted by molar-refractivity contribution is 5.26. The van der Waals surface area contributed by atoms with Crippen LogP contribution >= 0.6 is 0 Å². The molecule has 4 heteroatoms. The fourth-order valence-electron chi connectivity index (χ4n) is 1.89. The van der Waals surface area contributed by atoms with E-state index >= 15 is 0 Å². The summed E-state index contributed by atoms with van der Waals surface area (Å²) in [6, 6.07) is 3.97. The second-order valence-corrected chi connectivity index (χ2v) is 4.36. The summed E-state index contributed by atoms with van der Waals surface area (Å²) in [6.45, 7) is 11.3. The van der Waals surface area contributed by atoms with Crippen LogP contribution in [0.5, 0.6) is 5.75 Å². The van der Waals surface area contributed by atoms with Crippen molar-refractivity contribution in [2.75, 3.05) is 33.3 Å². The monoisotopic (exact) mass is 251 g/mol. The van der Waals surface area contributed by atoms with Crippen molar-refractivity contribution in [1.29, 1.82) is 0 Å². The Morgan fingerprint density at radius 1 is 1.33 bits per heavy atom. The van der Waals surface area contributed by atoms with Crippen LogP contribution in [0.1, 0.15) is 25.2 Å². The minimum absolute atomic E-state index is 0.875. The maximum absolute atomic E-state index is 5.28. The highest BCUT2D eigenvalue weighted by Gasteiger charge is 2.06. The number of hydrogen-bond donors (Lipinski definition) is 1. The van der Waals surface area contributed by atoms with Gasteiger partial charge in [-0.1, -0.05) is 13.8 Å². The Bertz CT molecular complexity index is 355. The van der Waals surface area contributed by atoms with Gasteiger partial charge in [0, 0.05) is 37.5 Å². The van der Waals surface area contributed by atoms with Crippen LogP contribution < -0.4 is 10.1 Å². The minimum Gasteiger partial charge on any atom is -0.497 e. The van der Waals surface area contributed by atoms with Crippen LogP contribution in [0.4, 0.5) is 0 Å². The van der Waals surface area contributed by atoms with E-state index in [1.54, 1.807) is 7.11 Å². The lowest BCUT2D eigenvalue weighted by Crippen LogP contribution is -2.31. The molecule has 0 spiro atoms. The average Bonchev–Trinajstić information content (AvgIpc) is 2.37. The largest absolute Gasteiger partial charge is 0.497 e. The number of nitrogens with one attached hydrogen (secondary N) is 1. The van der Waals surface area contributed by atoms with Crippen LogP contribution in [0.15, 0.2) is 12.1 Å². The van der Waals surface area contributed by atoms with Crippen LogP contribution in [-0.2, 0) is 6.54 Å². The molecule has 0 aliphatic rings. The lowest BCUT2D eigenvalue weighted by Gasteiger charge is -2.20. The van der Waals surface area contributed by atoms with Crippen molar-refractivity contribution in [3.05, 3.63) is 23.5 Å². The molecule has 0 bridgehead atoms.